The van der Waals surface area contributed by atoms with E-state index in [-0.39, 0.29) is 11.4 Å². The molecule has 2 aromatic rings. The number of halogens is 4. The number of nitrogens with one attached hydrogen (secondary N) is 1. The summed E-state index contributed by atoms with van der Waals surface area (Å²) in [7, 11) is 0. The molecule has 112 valence electrons. The Morgan fingerprint density at radius 3 is 2.38 bits per heavy atom. The van der Waals surface area contributed by atoms with E-state index in [4.69, 9.17) is 11.6 Å². The highest BCUT2D eigenvalue weighted by atomic mass is 35.5. The molecular weight excluding hydrogens is 299 g/mol. The maximum atomic E-state index is 14.1. The first-order valence-corrected chi connectivity index (χ1v) is 7.01. The summed E-state index contributed by atoms with van der Waals surface area (Å²) in [5.74, 6) is -1.80. The van der Waals surface area contributed by atoms with E-state index in [1.807, 2.05) is 6.92 Å². The molecule has 0 heterocycles. The van der Waals surface area contributed by atoms with Crippen LogP contribution in [0.4, 0.5) is 13.2 Å². The van der Waals surface area contributed by atoms with Gasteiger partial charge in [-0.15, -0.1) is 0 Å². The summed E-state index contributed by atoms with van der Waals surface area (Å²) in [6.07, 6.45) is 0.264. The van der Waals surface area contributed by atoms with Gasteiger partial charge in [0.1, 0.15) is 17.5 Å². The van der Waals surface area contributed by atoms with Gasteiger partial charge in [-0.3, -0.25) is 0 Å². The van der Waals surface area contributed by atoms with Crippen LogP contribution in [-0.2, 0) is 6.42 Å². The van der Waals surface area contributed by atoms with Crippen molar-refractivity contribution in [2.24, 2.45) is 0 Å². The van der Waals surface area contributed by atoms with Crippen molar-refractivity contribution in [2.45, 2.75) is 19.4 Å². The Labute approximate surface area is 126 Å². The lowest BCUT2D eigenvalue weighted by Gasteiger charge is -2.19. The second-order valence-corrected chi connectivity index (χ2v) is 5.14. The predicted octanol–water partition coefficient (Wildman–Crippen LogP) is 4.65. The normalized spacial score (nSPS) is 12.4. The molecule has 0 bridgehead atoms. The third-order valence-corrected chi connectivity index (χ3v) is 3.46. The third kappa shape index (κ3) is 3.99. The Morgan fingerprint density at radius 1 is 1.10 bits per heavy atom. The molecule has 0 amide bonds. The van der Waals surface area contributed by atoms with Crippen molar-refractivity contribution in [2.75, 3.05) is 6.54 Å². The highest BCUT2D eigenvalue weighted by Crippen LogP contribution is 2.26. The first-order chi connectivity index (χ1) is 10.0. The molecule has 5 heteroatoms. The molecule has 0 fully saturated rings. The van der Waals surface area contributed by atoms with E-state index < -0.39 is 23.5 Å². The van der Waals surface area contributed by atoms with Crippen LogP contribution in [0.25, 0.3) is 0 Å². The molecule has 1 unspecified atom stereocenters. The van der Waals surface area contributed by atoms with E-state index in [9.17, 15) is 13.2 Å². The zero-order chi connectivity index (χ0) is 15.4. The topological polar surface area (TPSA) is 12.0 Å². The Hall–Kier alpha value is -1.52. The van der Waals surface area contributed by atoms with Crippen LogP contribution in [0.15, 0.2) is 36.4 Å². The van der Waals surface area contributed by atoms with Gasteiger partial charge in [0, 0.05) is 17.7 Å². The van der Waals surface area contributed by atoms with Crippen molar-refractivity contribution >= 4 is 11.6 Å². The summed E-state index contributed by atoms with van der Waals surface area (Å²) in [4.78, 5) is 0. The minimum atomic E-state index is -0.646. The molecular formula is C16H15ClF3N. The molecule has 2 aromatic carbocycles. The fraction of sp³-hybridized carbons (Fsp3) is 0.250. The van der Waals surface area contributed by atoms with Gasteiger partial charge in [0.15, 0.2) is 0 Å². The standard InChI is InChI=1S/C16H15ClF3N/c1-2-21-15(13-4-3-5-14(17)16(13)20)8-10-6-11(18)9-12(19)7-10/h3-7,9,15,21H,2,8H2,1H3. The summed E-state index contributed by atoms with van der Waals surface area (Å²) in [6.45, 7) is 2.47. The fourth-order valence-electron chi connectivity index (χ4n) is 2.29. The second-order valence-electron chi connectivity index (χ2n) is 4.74. The highest BCUT2D eigenvalue weighted by molar-refractivity contribution is 6.30. The van der Waals surface area contributed by atoms with Crippen molar-refractivity contribution < 1.29 is 13.2 Å². The molecule has 0 saturated heterocycles. The van der Waals surface area contributed by atoms with Gasteiger partial charge in [-0.1, -0.05) is 30.7 Å². The Balaban J connectivity index is 2.32. The Bertz CT molecular complexity index is 611. The molecule has 0 spiro atoms. The average Bonchev–Trinajstić information content (AvgIpc) is 2.40. The molecule has 1 atom stereocenters. The number of likely N-dealkylation sites (N-methyl/N-ethyl adjacent to an activating group) is 1. The van der Waals surface area contributed by atoms with Gasteiger partial charge in [0.05, 0.1) is 5.02 Å². The van der Waals surface area contributed by atoms with E-state index in [2.05, 4.69) is 5.32 Å². The summed E-state index contributed by atoms with van der Waals surface area (Å²) in [5.41, 5.74) is 0.840. The molecule has 0 radical (unpaired) electrons. The number of hydrogen-bond donors (Lipinski definition) is 1. The zero-order valence-electron chi connectivity index (χ0n) is 11.5. The van der Waals surface area contributed by atoms with E-state index in [0.29, 0.717) is 17.7 Å². The SMILES string of the molecule is CCNC(Cc1cc(F)cc(F)c1)c1cccc(Cl)c1F. The van der Waals surface area contributed by atoms with Crippen LogP contribution < -0.4 is 5.32 Å². The zero-order valence-corrected chi connectivity index (χ0v) is 12.2. The van der Waals surface area contributed by atoms with Crippen LogP contribution in [0.5, 0.6) is 0 Å². The Kier molecular flexibility index (Phi) is 5.26. The minimum Gasteiger partial charge on any atom is -0.310 e. The van der Waals surface area contributed by atoms with E-state index in [0.717, 1.165) is 6.07 Å². The van der Waals surface area contributed by atoms with Crippen LogP contribution in [0.1, 0.15) is 24.1 Å². The van der Waals surface area contributed by atoms with Crippen molar-refractivity contribution in [3.63, 3.8) is 0 Å². The molecule has 1 nitrogen and oxygen atoms in total. The predicted molar refractivity (Wildman–Crippen MR) is 77.9 cm³/mol. The fourth-order valence-corrected chi connectivity index (χ4v) is 2.47. The number of hydrogen-bond acceptors (Lipinski definition) is 1. The molecule has 0 aromatic heterocycles. The quantitative estimate of drug-likeness (QED) is 0.847. The van der Waals surface area contributed by atoms with Crippen LogP contribution in [0.2, 0.25) is 5.02 Å². The Morgan fingerprint density at radius 2 is 1.76 bits per heavy atom. The van der Waals surface area contributed by atoms with Crippen LogP contribution >= 0.6 is 11.6 Å². The van der Waals surface area contributed by atoms with E-state index in [1.54, 1.807) is 12.1 Å². The number of benzene rings is 2. The lowest BCUT2D eigenvalue weighted by Crippen LogP contribution is -2.24. The maximum Gasteiger partial charge on any atom is 0.146 e. The van der Waals surface area contributed by atoms with Gasteiger partial charge >= 0.3 is 0 Å². The summed E-state index contributed by atoms with van der Waals surface area (Å²) in [5, 5.41) is 3.14. The monoisotopic (exact) mass is 313 g/mol. The first kappa shape index (κ1) is 15.9. The molecule has 0 saturated carbocycles. The minimum absolute atomic E-state index is 0.0285. The van der Waals surface area contributed by atoms with Crippen molar-refractivity contribution in [1.29, 1.82) is 0 Å². The highest BCUT2D eigenvalue weighted by Gasteiger charge is 2.18. The summed E-state index contributed by atoms with van der Waals surface area (Å²) in [6, 6.07) is 7.62. The van der Waals surface area contributed by atoms with Crippen LogP contribution in [-0.4, -0.2) is 6.54 Å². The van der Waals surface area contributed by atoms with Gasteiger partial charge < -0.3 is 5.32 Å². The van der Waals surface area contributed by atoms with E-state index in [1.165, 1.54) is 18.2 Å². The first-order valence-electron chi connectivity index (χ1n) is 6.63. The summed E-state index contributed by atoms with van der Waals surface area (Å²) < 4.78 is 40.6. The molecule has 0 aliphatic carbocycles. The van der Waals surface area contributed by atoms with Crippen molar-refractivity contribution in [3.05, 3.63) is 70.0 Å². The number of rotatable bonds is 5. The second kappa shape index (κ2) is 6.96. The van der Waals surface area contributed by atoms with Gasteiger partial charge in [0.25, 0.3) is 0 Å². The van der Waals surface area contributed by atoms with Crippen LogP contribution in [0, 0.1) is 17.5 Å². The maximum absolute atomic E-state index is 14.1. The molecule has 2 rings (SSSR count). The molecule has 1 N–H and O–H groups in total. The molecule has 0 aliphatic rings. The largest absolute Gasteiger partial charge is 0.310 e. The smallest absolute Gasteiger partial charge is 0.146 e. The third-order valence-electron chi connectivity index (χ3n) is 3.17. The molecule has 0 aliphatic heterocycles. The summed E-state index contributed by atoms with van der Waals surface area (Å²) >= 11 is 5.79. The average molecular weight is 314 g/mol. The van der Waals surface area contributed by atoms with Crippen molar-refractivity contribution in [1.82, 2.24) is 5.32 Å². The van der Waals surface area contributed by atoms with Crippen LogP contribution in [0.3, 0.4) is 0 Å². The van der Waals surface area contributed by atoms with Gasteiger partial charge in [-0.2, -0.15) is 0 Å². The van der Waals surface area contributed by atoms with Gasteiger partial charge in [0.2, 0.25) is 0 Å². The van der Waals surface area contributed by atoms with Gasteiger partial charge in [-0.05, 0) is 36.7 Å². The van der Waals surface area contributed by atoms with Crippen molar-refractivity contribution in [3.8, 4) is 0 Å². The van der Waals surface area contributed by atoms with E-state index >= 15 is 0 Å². The molecule has 21 heavy (non-hydrogen) atoms. The lowest BCUT2D eigenvalue weighted by atomic mass is 9.98. The lowest BCUT2D eigenvalue weighted by molar-refractivity contribution is 0.506. The van der Waals surface area contributed by atoms with Gasteiger partial charge in [-0.25, -0.2) is 13.2 Å².